The first-order valence-corrected chi connectivity index (χ1v) is 12.0. The van der Waals surface area contributed by atoms with Gasteiger partial charge < -0.3 is 16.4 Å². The van der Waals surface area contributed by atoms with Crippen LogP contribution in [0.5, 0.6) is 0 Å². The standard InChI is InChI=1S/C24H28BrN3O3/c25-13-5-7-14(8-6-13)27-22(30)19-16-9-10-17(24(16)11-12-24)20(19)23(31)28-18-4-2-1-3-15(18)21(26)29/h5-10,15-20H,1-4,11-12H2,(H2,26,29)(H,27,30)(H,28,31)/t15?,16-,17+,18?,19+,20+/m0/s1. The Morgan fingerprint density at radius 2 is 1.55 bits per heavy atom. The molecule has 1 spiro atoms. The zero-order valence-electron chi connectivity index (χ0n) is 17.4. The minimum atomic E-state index is -0.400. The van der Waals surface area contributed by atoms with E-state index in [9.17, 15) is 14.4 Å². The molecule has 2 bridgehead atoms. The molecule has 4 N–H and O–H groups in total. The average molecular weight is 486 g/mol. The van der Waals surface area contributed by atoms with Gasteiger partial charge in [0.1, 0.15) is 0 Å². The van der Waals surface area contributed by atoms with Crippen molar-refractivity contribution in [2.75, 3.05) is 5.32 Å². The highest BCUT2D eigenvalue weighted by molar-refractivity contribution is 9.10. The quantitative estimate of drug-likeness (QED) is 0.557. The molecular weight excluding hydrogens is 458 g/mol. The molecule has 2 unspecified atom stereocenters. The van der Waals surface area contributed by atoms with Crippen LogP contribution < -0.4 is 16.4 Å². The Morgan fingerprint density at radius 3 is 2.16 bits per heavy atom. The number of carbonyl (C=O) groups excluding carboxylic acids is 3. The van der Waals surface area contributed by atoms with Gasteiger partial charge in [-0.15, -0.1) is 0 Å². The molecule has 7 heteroatoms. The van der Waals surface area contributed by atoms with Crippen LogP contribution >= 0.6 is 15.9 Å². The predicted molar refractivity (Wildman–Crippen MR) is 121 cm³/mol. The normalized spacial score (nSPS) is 34.5. The minimum Gasteiger partial charge on any atom is -0.369 e. The Morgan fingerprint density at radius 1 is 0.935 bits per heavy atom. The van der Waals surface area contributed by atoms with E-state index in [0.717, 1.165) is 42.3 Å². The fourth-order valence-electron chi connectivity index (χ4n) is 6.39. The third kappa shape index (κ3) is 3.51. The maximum absolute atomic E-state index is 13.5. The van der Waals surface area contributed by atoms with Crippen molar-refractivity contribution in [1.29, 1.82) is 0 Å². The summed E-state index contributed by atoms with van der Waals surface area (Å²) in [6.07, 6.45) is 9.84. The molecule has 6 atom stereocenters. The van der Waals surface area contributed by atoms with Gasteiger partial charge in [-0.3, -0.25) is 14.4 Å². The van der Waals surface area contributed by atoms with Crippen molar-refractivity contribution in [3.8, 4) is 0 Å². The monoisotopic (exact) mass is 485 g/mol. The zero-order valence-corrected chi connectivity index (χ0v) is 18.9. The Bertz CT molecular complexity index is 940. The molecule has 164 valence electrons. The van der Waals surface area contributed by atoms with Gasteiger partial charge in [0.15, 0.2) is 0 Å². The lowest BCUT2D eigenvalue weighted by Crippen LogP contribution is -2.51. The summed E-state index contributed by atoms with van der Waals surface area (Å²) >= 11 is 3.41. The number of nitrogens with one attached hydrogen (secondary N) is 2. The Kier molecular flexibility index (Phi) is 5.19. The molecule has 1 aromatic rings. The number of benzene rings is 1. The lowest BCUT2D eigenvalue weighted by atomic mass is 9.80. The van der Waals surface area contributed by atoms with Crippen LogP contribution in [-0.2, 0) is 14.4 Å². The first-order chi connectivity index (χ1) is 14.9. The fourth-order valence-corrected chi connectivity index (χ4v) is 6.66. The molecule has 3 fully saturated rings. The van der Waals surface area contributed by atoms with E-state index in [0.29, 0.717) is 6.42 Å². The molecule has 0 radical (unpaired) electrons. The lowest BCUT2D eigenvalue weighted by Gasteiger charge is -2.33. The summed E-state index contributed by atoms with van der Waals surface area (Å²) in [6.45, 7) is 0. The van der Waals surface area contributed by atoms with E-state index in [1.165, 1.54) is 0 Å². The van der Waals surface area contributed by atoms with Crippen molar-refractivity contribution in [2.24, 2.45) is 40.7 Å². The van der Waals surface area contributed by atoms with E-state index in [2.05, 4.69) is 38.7 Å². The highest BCUT2D eigenvalue weighted by atomic mass is 79.9. The van der Waals surface area contributed by atoms with Gasteiger partial charge in [0.25, 0.3) is 0 Å². The van der Waals surface area contributed by atoms with Crippen LogP contribution in [0.1, 0.15) is 38.5 Å². The van der Waals surface area contributed by atoms with Gasteiger partial charge >= 0.3 is 0 Å². The maximum atomic E-state index is 13.5. The molecule has 0 aliphatic heterocycles. The molecule has 0 heterocycles. The average Bonchev–Trinajstić information content (AvgIpc) is 3.42. The van der Waals surface area contributed by atoms with Crippen molar-refractivity contribution in [1.82, 2.24) is 5.32 Å². The summed E-state index contributed by atoms with van der Waals surface area (Å²) in [4.78, 5) is 38.8. The van der Waals surface area contributed by atoms with Crippen LogP contribution in [0.15, 0.2) is 40.9 Å². The summed E-state index contributed by atoms with van der Waals surface area (Å²) in [6, 6.07) is 7.25. The van der Waals surface area contributed by atoms with Crippen molar-refractivity contribution in [3.63, 3.8) is 0 Å². The summed E-state index contributed by atoms with van der Waals surface area (Å²) in [5.41, 5.74) is 6.40. The Hall–Kier alpha value is -2.15. The number of halogens is 1. The third-order valence-corrected chi connectivity index (χ3v) is 8.55. The summed E-state index contributed by atoms with van der Waals surface area (Å²) in [7, 11) is 0. The second-order valence-corrected chi connectivity index (χ2v) is 10.5. The highest BCUT2D eigenvalue weighted by Crippen LogP contribution is 2.72. The van der Waals surface area contributed by atoms with Crippen molar-refractivity contribution in [2.45, 2.75) is 44.6 Å². The van der Waals surface area contributed by atoms with Gasteiger partial charge in [-0.2, -0.15) is 0 Å². The summed E-state index contributed by atoms with van der Waals surface area (Å²) in [5.74, 6) is -1.47. The smallest absolute Gasteiger partial charge is 0.228 e. The number of primary amides is 1. The van der Waals surface area contributed by atoms with Crippen LogP contribution in [0.3, 0.4) is 0 Å². The number of allylic oxidation sites excluding steroid dienone is 2. The molecule has 6 nitrogen and oxygen atoms in total. The predicted octanol–water partition coefficient (Wildman–Crippen LogP) is 3.38. The second kappa shape index (κ2) is 7.76. The topological polar surface area (TPSA) is 101 Å². The van der Waals surface area contributed by atoms with Crippen molar-refractivity contribution < 1.29 is 14.4 Å². The second-order valence-electron chi connectivity index (χ2n) is 9.63. The molecule has 5 rings (SSSR count). The van der Waals surface area contributed by atoms with E-state index in [1.54, 1.807) is 0 Å². The van der Waals surface area contributed by atoms with Gasteiger partial charge in [0.2, 0.25) is 17.7 Å². The largest absolute Gasteiger partial charge is 0.369 e. The van der Waals surface area contributed by atoms with Crippen LogP contribution in [-0.4, -0.2) is 23.8 Å². The number of amides is 3. The van der Waals surface area contributed by atoms with E-state index in [-0.39, 0.29) is 46.9 Å². The molecule has 4 aliphatic rings. The van der Waals surface area contributed by atoms with Crippen LogP contribution in [0.25, 0.3) is 0 Å². The number of carbonyl (C=O) groups is 3. The molecule has 0 saturated heterocycles. The van der Waals surface area contributed by atoms with E-state index >= 15 is 0 Å². The molecule has 0 aromatic heterocycles. The number of hydrogen-bond acceptors (Lipinski definition) is 3. The number of hydrogen-bond donors (Lipinski definition) is 3. The number of anilines is 1. The van der Waals surface area contributed by atoms with Gasteiger partial charge in [-0.1, -0.05) is 40.9 Å². The van der Waals surface area contributed by atoms with E-state index in [4.69, 9.17) is 5.73 Å². The van der Waals surface area contributed by atoms with Crippen molar-refractivity contribution >= 4 is 39.3 Å². The summed E-state index contributed by atoms with van der Waals surface area (Å²) < 4.78 is 0.944. The molecule has 31 heavy (non-hydrogen) atoms. The minimum absolute atomic E-state index is 0.0688. The van der Waals surface area contributed by atoms with Crippen molar-refractivity contribution in [3.05, 3.63) is 40.9 Å². The van der Waals surface area contributed by atoms with Gasteiger partial charge in [0, 0.05) is 16.2 Å². The SMILES string of the molecule is NC(=O)C1CCCCC1NC(=O)[C@H]1[C@H](C(=O)Nc2ccc(Br)cc2)[C@@H]2C=C[C@H]1C21CC1. The molecule has 3 amide bonds. The number of rotatable bonds is 5. The van der Waals surface area contributed by atoms with Gasteiger partial charge in [-0.25, -0.2) is 0 Å². The van der Waals surface area contributed by atoms with Gasteiger partial charge in [0.05, 0.1) is 17.8 Å². The molecule has 1 aromatic carbocycles. The molecular formula is C24H28BrN3O3. The zero-order chi connectivity index (χ0) is 21.8. The molecule has 3 saturated carbocycles. The first-order valence-electron chi connectivity index (χ1n) is 11.3. The fraction of sp³-hybridized carbons (Fsp3) is 0.542. The van der Waals surface area contributed by atoms with E-state index < -0.39 is 11.8 Å². The number of nitrogens with two attached hydrogens (primary N) is 1. The summed E-state index contributed by atoms with van der Waals surface area (Å²) in [5, 5.41) is 6.17. The van der Waals surface area contributed by atoms with Crippen LogP contribution in [0, 0.1) is 35.0 Å². The highest BCUT2D eigenvalue weighted by Gasteiger charge is 2.69. The first kappa shape index (κ1) is 20.7. The van der Waals surface area contributed by atoms with Crippen LogP contribution in [0.2, 0.25) is 0 Å². The Balaban J connectivity index is 1.37. The lowest BCUT2D eigenvalue weighted by molar-refractivity contribution is -0.134. The van der Waals surface area contributed by atoms with Gasteiger partial charge in [-0.05, 0) is 67.2 Å². The maximum Gasteiger partial charge on any atom is 0.228 e. The molecule has 4 aliphatic carbocycles. The van der Waals surface area contributed by atoms with Crippen LogP contribution in [0.4, 0.5) is 5.69 Å². The Labute approximate surface area is 190 Å². The third-order valence-electron chi connectivity index (χ3n) is 8.02. The van der Waals surface area contributed by atoms with E-state index in [1.807, 2.05) is 24.3 Å².